The Morgan fingerprint density at radius 2 is 2.11 bits per heavy atom. The highest BCUT2D eigenvalue weighted by Crippen LogP contribution is 2.20. The molecule has 0 spiro atoms. The van der Waals surface area contributed by atoms with E-state index in [1.54, 1.807) is 18.3 Å². The van der Waals surface area contributed by atoms with Crippen molar-refractivity contribution in [2.45, 2.75) is 20.3 Å². The van der Waals surface area contributed by atoms with Crippen LogP contribution in [0.5, 0.6) is 0 Å². The van der Waals surface area contributed by atoms with Gasteiger partial charge in [0.1, 0.15) is 11.6 Å². The lowest BCUT2D eigenvalue weighted by molar-refractivity contribution is 0.628. The van der Waals surface area contributed by atoms with Crippen LogP contribution < -0.4 is 10.6 Å². The van der Waals surface area contributed by atoms with Crippen LogP contribution in [0, 0.1) is 12.7 Å². The van der Waals surface area contributed by atoms with Crippen molar-refractivity contribution in [1.29, 1.82) is 0 Å². The van der Waals surface area contributed by atoms with Crippen LogP contribution in [-0.2, 0) is 0 Å². The minimum absolute atomic E-state index is 0.272. The summed E-state index contributed by atoms with van der Waals surface area (Å²) in [5, 5.41) is 6.21. The van der Waals surface area contributed by atoms with Crippen LogP contribution >= 0.6 is 0 Å². The predicted octanol–water partition coefficient (Wildman–Crippen LogP) is 3.49. The van der Waals surface area contributed by atoms with Crippen LogP contribution in [0.15, 0.2) is 30.5 Å². The van der Waals surface area contributed by atoms with Crippen LogP contribution in [0.1, 0.15) is 18.9 Å². The second-order valence-corrected chi connectivity index (χ2v) is 4.28. The molecule has 2 aromatic rings. The van der Waals surface area contributed by atoms with Gasteiger partial charge in [-0.25, -0.2) is 9.37 Å². The number of benzene rings is 1. The maximum absolute atomic E-state index is 13.2. The van der Waals surface area contributed by atoms with Gasteiger partial charge in [0.15, 0.2) is 0 Å². The van der Waals surface area contributed by atoms with Gasteiger partial charge in [0, 0.05) is 18.4 Å². The van der Waals surface area contributed by atoms with Gasteiger partial charge in [0.05, 0.1) is 0 Å². The number of rotatable bonds is 5. The van der Waals surface area contributed by atoms with Crippen molar-refractivity contribution < 1.29 is 4.39 Å². The lowest BCUT2D eigenvalue weighted by Gasteiger charge is -2.10. The Morgan fingerprint density at radius 1 is 1.26 bits per heavy atom. The molecule has 0 aliphatic rings. The maximum Gasteiger partial charge on any atom is 0.224 e. The van der Waals surface area contributed by atoms with Crippen LogP contribution in [0.4, 0.5) is 21.8 Å². The van der Waals surface area contributed by atoms with E-state index < -0.39 is 0 Å². The third kappa shape index (κ3) is 3.64. The summed E-state index contributed by atoms with van der Waals surface area (Å²) >= 11 is 0. The Balaban J connectivity index is 2.16. The molecule has 0 radical (unpaired) electrons. The number of halogens is 1. The fourth-order valence-corrected chi connectivity index (χ4v) is 1.62. The Hall–Kier alpha value is -2.17. The molecule has 4 nitrogen and oxygen atoms in total. The van der Waals surface area contributed by atoms with E-state index in [-0.39, 0.29) is 5.82 Å². The molecule has 0 aliphatic heterocycles. The summed E-state index contributed by atoms with van der Waals surface area (Å²) in [6.45, 7) is 4.81. The van der Waals surface area contributed by atoms with E-state index >= 15 is 0 Å². The highest BCUT2D eigenvalue weighted by atomic mass is 19.1. The molecule has 1 aromatic carbocycles. The highest BCUT2D eigenvalue weighted by Gasteiger charge is 2.03. The first-order chi connectivity index (χ1) is 9.19. The standard InChI is InChI=1S/C14H17FN4/c1-3-7-16-14-17-8-6-13(19-14)18-12-9-11(15)5-4-10(12)2/h4-6,8-9H,3,7H2,1-2H3,(H2,16,17,18,19). The van der Waals surface area contributed by atoms with Crippen molar-refractivity contribution in [3.8, 4) is 0 Å². The van der Waals surface area contributed by atoms with Gasteiger partial charge in [0.2, 0.25) is 5.95 Å². The van der Waals surface area contributed by atoms with Crippen LogP contribution in [0.2, 0.25) is 0 Å². The normalized spacial score (nSPS) is 10.3. The summed E-state index contributed by atoms with van der Waals surface area (Å²) in [7, 11) is 0. The summed E-state index contributed by atoms with van der Waals surface area (Å²) < 4.78 is 13.2. The van der Waals surface area contributed by atoms with Crippen molar-refractivity contribution >= 4 is 17.5 Å². The van der Waals surface area contributed by atoms with Crippen molar-refractivity contribution in [3.63, 3.8) is 0 Å². The minimum Gasteiger partial charge on any atom is -0.354 e. The molecule has 0 unspecified atom stereocenters. The van der Waals surface area contributed by atoms with Gasteiger partial charge >= 0.3 is 0 Å². The van der Waals surface area contributed by atoms with E-state index in [1.807, 2.05) is 6.92 Å². The predicted molar refractivity (Wildman–Crippen MR) is 75.2 cm³/mol. The molecular formula is C14H17FN4. The molecule has 0 saturated carbocycles. The highest BCUT2D eigenvalue weighted by molar-refractivity contribution is 5.60. The monoisotopic (exact) mass is 260 g/mol. The summed E-state index contributed by atoms with van der Waals surface area (Å²) in [4.78, 5) is 8.44. The molecule has 2 rings (SSSR count). The molecule has 1 aromatic heterocycles. The zero-order valence-corrected chi connectivity index (χ0v) is 11.1. The topological polar surface area (TPSA) is 49.8 Å². The number of hydrogen-bond donors (Lipinski definition) is 2. The molecule has 2 N–H and O–H groups in total. The smallest absolute Gasteiger partial charge is 0.224 e. The number of hydrogen-bond acceptors (Lipinski definition) is 4. The zero-order valence-electron chi connectivity index (χ0n) is 11.1. The Morgan fingerprint density at radius 3 is 2.89 bits per heavy atom. The number of aryl methyl sites for hydroxylation is 1. The Labute approximate surface area is 112 Å². The maximum atomic E-state index is 13.2. The number of nitrogens with zero attached hydrogens (tertiary/aromatic N) is 2. The lowest BCUT2D eigenvalue weighted by Crippen LogP contribution is -2.05. The largest absolute Gasteiger partial charge is 0.354 e. The molecular weight excluding hydrogens is 243 g/mol. The molecule has 19 heavy (non-hydrogen) atoms. The molecule has 5 heteroatoms. The van der Waals surface area contributed by atoms with Gasteiger partial charge in [-0.05, 0) is 37.1 Å². The van der Waals surface area contributed by atoms with Gasteiger partial charge in [-0.3, -0.25) is 0 Å². The first-order valence-electron chi connectivity index (χ1n) is 6.29. The van der Waals surface area contributed by atoms with Gasteiger partial charge < -0.3 is 10.6 Å². The van der Waals surface area contributed by atoms with Gasteiger partial charge in [0.25, 0.3) is 0 Å². The Bertz CT molecular complexity index is 557. The van der Waals surface area contributed by atoms with Crippen molar-refractivity contribution in [1.82, 2.24) is 9.97 Å². The first kappa shape index (κ1) is 13.3. The SMILES string of the molecule is CCCNc1nccc(Nc2cc(F)ccc2C)n1. The third-order valence-electron chi connectivity index (χ3n) is 2.65. The third-order valence-corrected chi connectivity index (χ3v) is 2.65. The van der Waals surface area contributed by atoms with Crippen molar-refractivity contribution in [2.24, 2.45) is 0 Å². The lowest BCUT2D eigenvalue weighted by atomic mass is 10.2. The fourth-order valence-electron chi connectivity index (χ4n) is 1.62. The average molecular weight is 260 g/mol. The van der Waals surface area contributed by atoms with Gasteiger partial charge in [-0.2, -0.15) is 4.98 Å². The Kier molecular flexibility index (Phi) is 4.28. The first-order valence-corrected chi connectivity index (χ1v) is 6.29. The molecule has 1 heterocycles. The summed E-state index contributed by atoms with van der Waals surface area (Å²) in [6, 6.07) is 6.38. The molecule has 0 aliphatic carbocycles. The van der Waals surface area contributed by atoms with E-state index in [2.05, 4.69) is 27.5 Å². The average Bonchev–Trinajstić information content (AvgIpc) is 2.41. The van der Waals surface area contributed by atoms with Crippen LogP contribution in [0.25, 0.3) is 0 Å². The summed E-state index contributed by atoms with van der Waals surface area (Å²) in [6.07, 6.45) is 2.67. The molecule has 0 fully saturated rings. The zero-order chi connectivity index (χ0) is 13.7. The van der Waals surface area contributed by atoms with E-state index in [4.69, 9.17) is 0 Å². The van der Waals surface area contributed by atoms with E-state index in [0.717, 1.165) is 18.5 Å². The molecule has 100 valence electrons. The molecule has 0 atom stereocenters. The second kappa shape index (κ2) is 6.13. The quantitative estimate of drug-likeness (QED) is 0.864. The van der Waals surface area contributed by atoms with Gasteiger partial charge in [-0.15, -0.1) is 0 Å². The molecule has 0 bridgehead atoms. The van der Waals surface area contributed by atoms with Crippen LogP contribution in [0.3, 0.4) is 0 Å². The van der Waals surface area contributed by atoms with E-state index in [9.17, 15) is 4.39 Å². The second-order valence-electron chi connectivity index (χ2n) is 4.28. The number of aromatic nitrogens is 2. The number of anilines is 3. The van der Waals surface area contributed by atoms with E-state index in [1.165, 1.54) is 12.1 Å². The van der Waals surface area contributed by atoms with Crippen LogP contribution in [-0.4, -0.2) is 16.5 Å². The molecule has 0 saturated heterocycles. The van der Waals surface area contributed by atoms with Gasteiger partial charge in [-0.1, -0.05) is 13.0 Å². The molecule has 0 amide bonds. The minimum atomic E-state index is -0.272. The fraction of sp³-hybridized carbons (Fsp3) is 0.286. The van der Waals surface area contributed by atoms with Crippen molar-refractivity contribution in [2.75, 3.05) is 17.2 Å². The van der Waals surface area contributed by atoms with E-state index in [0.29, 0.717) is 17.5 Å². The van der Waals surface area contributed by atoms with Crippen molar-refractivity contribution in [3.05, 3.63) is 41.8 Å². The summed E-state index contributed by atoms with van der Waals surface area (Å²) in [5.41, 5.74) is 1.67. The summed E-state index contributed by atoms with van der Waals surface area (Å²) in [5.74, 6) is 0.940. The number of nitrogens with one attached hydrogen (secondary N) is 2.